The fourth-order valence-corrected chi connectivity index (χ4v) is 5.52. The zero-order chi connectivity index (χ0) is 24.4. The van der Waals surface area contributed by atoms with Crippen LogP contribution < -0.4 is 5.32 Å². The molecule has 1 N–H and O–H groups in total. The molecule has 0 unspecified atom stereocenters. The Morgan fingerprint density at radius 3 is 2.31 bits per heavy atom. The van der Waals surface area contributed by atoms with Gasteiger partial charge in [0.25, 0.3) is 5.91 Å². The number of carbonyl (C=O) groups excluding carboxylic acids is 1. The molecular weight excluding hydrogens is 462 g/mol. The molecule has 0 radical (unpaired) electrons. The van der Waals surface area contributed by atoms with Crippen molar-refractivity contribution in [1.82, 2.24) is 19.2 Å². The lowest BCUT2D eigenvalue weighted by molar-refractivity contribution is 0.102. The predicted octanol–water partition coefficient (Wildman–Crippen LogP) is 3.49. The fraction of sp³-hybridized carbons (Fsp3) is 0.192. The first-order valence-corrected chi connectivity index (χ1v) is 12.8. The molecule has 178 valence electrons. The third-order valence-corrected chi connectivity index (χ3v) is 8.01. The number of likely N-dealkylation sites (N-methyl/N-ethyl adjacent to an activating group) is 1. The average molecular weight is 488 g/mol. The van der Waals surface area contributed by atoms with E-state index in [4.69, 9.17) is 0 Å². The molecule has 0 bridgehead atoms. The highest BCUT2D eigenvalue weighted by Gasteiger charge is 2.27. The number of benzene rings is 2. The number of hydrogen-bond donors (Lipinski definition) is 1. The van der Waals surface area contributed by atoms with Crippen LogP contribution in [-0.4, -0.2) is 66.7 Å². The minimum absolute atomic E-state index is 0.215. The number of pyridine rings is 2. The van der Waals surface area contributed by atoms with Gasteiger partial charge in [-0.1, -0.05) is 24.3 Å². The summed E-state index contributed by atoms with van der Waals surface area (Å²) in [4.78, 5) is 24.6. The predicted molar refractivity (Wildman–Crippen MR) is 136 cm³/mol. The van der Waals surface area contributed by atoms with Crippen LogP contribution >= 0.6 is 0 Å². The second kappa shape index (κ2) is 9.53. The number of rotatable bonds is 5. The van der Waals surface area contributed by atoms with Gasteiger partial charge in [-0.2, -0.15) is 4.31 Å². The fourth-order valence-electron chi connectivity index (χ4n) is 4.09. The number of nitrogens with zero attached hydrogens (tertiary/aromatic N) is 4. The highest BCUT2D eigenvalue weighted by molar-refractivity contribution is 7.89. The second-order valence-corrected chi connectivity index (χ2v) is 10.4. The molecule has 3 heterocycles. The number of nitrogens with one attached hydrogen (secondary N) is 1. The van der Waals surface area contributed by atoms with Gasteiger partial charge in [0.05, 0.1) is 27.4 Å². The Labute approximate surface area is 204 Å². The summed E-state index contributed by atoms with van der Waals surface area (Å²) in [5, 5.41) is 3.61. The van der Waals surface area contributed by atoms with Crippen LogP contribution in [0, 0.1) is 0 Å². The molecule has 1 aliphatic rings. The Morgan fingerprint density at radius 1 is 0.886 bits per heavy atom. The minimum atomic E-state index is -3.57. The van der Waals surface area contributed by atoms with E-state index in [1.54, 1.807) is 24.4 Å². The molecule has 1 fully saturated rings. The van der Waals surface area contributed by atoms with Gasteiger partial charge in [-0.25, -0.2) is 13.4 Å². The summed E-state index contributed by atoms with van der Waals surface area (Å²) in [5.74, 6) is -0.310. The van der Waals surface area contributed by atoms with Gasteiger partial charge in [-0.3, -0.25) is 9.78 Å². The van der Waals surface area contributed by atoms with Crippen molar-refractivity contribution in [3.8, 4) is 11.4 Å². The summed E-state index contributed by atoms with van der Waals surface area (Å²) in [7, 11) is -1.59. The smallest absolute Gasteiger partial charge is 0.256 e. The van der Waals surface area contributed by atoms with Crippen molar-refractivity contribution < 1.29 is 13.2 Å². The average Bonchev–Trinajstić information content (AvgIpc) is 2.89. The first kappa shape index (κ1) is 23.1. The summed E-state index contributed by atoms with van der Waals surface area (Å²) in [6.07, 6.45) is 1.68. The highest BCUT2D eigenvalue weighted by atomic mass is 32.2. The van der Waals surface area contributed by atoms with Gasteiger partial charge in [0.2, 0.25) is 10.0 Å². The van der Waals surface area contributed by atoms with Gasteiger partial charge < -0.3 is 10.2 Å². The van der Waals surface area contributed by atoms with Crippen LogP contribution in [0.1, 0.15) is 10.4 Å². The lowest BCUT2D eigenvalue weighted by Gasteiger charge is -2.31. The second-order valence-electron chi connectivity index (χ2n) is 8.47. The van der Waals surface area contributed by atoms with Gasteiger partial charge >= 0.3 is 0 Å². The number of sulfonamides is 1. The lowest BCUT2D eigenvalue weighted by Crippen LogP contribution is -2.46. The zero-order valence-corrected chi connectivity index (χ0v) is 20.1. The number of fused-ring (bicyclic) bond motifs is 1. The summed E-state index contributed by atoms with van der Waals surface area (Å²) in [6, 6.07) is 21.0. The number of amides is 1. The maximum Gasteiger partial charge on any atom is 0.256 e. The molecule has 0 atom stereocenters. The van der Waals surface area contributed by atoms with Crippen molar-refractivity contribution in [2.45, 2.75) is 4.90 Å². The van der Waals surface area contributed by atoms with Crippen LogP contribution in [0.25, 0.3) is 22.3 Å². The van der Waals surface area contributed by atoms with E-state index in [1.807, 2.05) is 49.5 Å². The first-order valence-electron chi connectivity index (χ1n) is 11.3. The van der Waals surface area contributed by atoms with Crippen LogP contribution in [0.15, 0.2) is 83.9 Å². The van der Waals surface area contributed by atoms with Crippen molar-refractivity contribution in [2.75, 3.05) is 38.5 Å². The summed E-state index contributed by atoms with van der Waals surface area (Å²) >= 11 is 0. The van der Waals surface area contributed by atoms with Crippen LogP contribution in [0.2, 0.25) is 0 Å². The SMILES string of the molecule is CN1CCN(S(=O)(=O)c2ccc(NC(=O)c3cc(-c4ccccn4)nc4ccccc34)cc2)CC1. The number of piperazine rings is 1. The molecular formula is C26H25N5O3S. The summed E-state index contributed by atoms with van der Waals surface area (Å²) < 4.78 is 27.5. The van der Waals surface area contributed by atoms with Crippen molar-refractivity contribution in [3.05, 3.63) is 84.6 Å². The van der Waals surface area contributed by atoms with Crippen molar-refractivity contribution >= 4 is 32.5 Å². The lowest BCUT2D eigenvalue weighted by atomic mass is 10.1. The molecule has 0 spiro atoms. The number of carbonyl (C=O) groups is 1. The first-order chi connectivity index (χ1) is 16.9. The largest absolute Gasteiger partial charge is 0.322 e. The van der Waals surface area contributed by atoms with Gasteiger partial charge in [-0.15, -0.1) is 0 Å². The van der Waals surface area contributed by atoms with Crippen LogP contribution in [0.3, 0.4) is 0 Å². The molecule has 1 amide bonds. The summed E-state index contributed by atoms with van der Waals surface area (Å²) in [6.45, 7) is 2.33. The van der Waals surface area contributed by atoms with Gasteiger partial charge in [0.15, 0.2) is 0 Å². The van der Waals surface area contributed by atoms with E-state index < -0.39 is 10.0 Å². The molecule has 0 saturated carbocycles. The highest BCUT2D eigenvalue weighted by Crippen LogP contribution is 2.25. The Balaban J connectivity index is 1.41. The van der Waals surface area contributed by atoms with Gasteiger partial charge in [0, 0.05) is 43.4 Å². The minimum Gasteiger partial charge on any atom is -0.322 e. The maximum atomic E-state index is 13.3. The Morgan fingerprint density at radius 2 is 1.60 bits per heavy atom. The number of para-hydroxylation sites is 1. The number of anilines is 1. The summed E-state index contributed by atoms with van der Waals surface area (Å²) in [5.41, 5.74) is 2.93. The normalized spacial score (nSPS) is 15.2. The third-order valence-electron chi connectivity index (χ3n) is 6.10. The molecule has 4 aromatic rings. The van der Waals surface area contributed by atoms with E-state index in [-0.39, 0.29) is 10.8 Å². The van der Waals surface area contributed by atoms with Crippen LogP contribution in [-0.2, 0) is 10.0 Å². The van der Waals surface area contributed by atoms with E-state index in [2.05, 4.69) is 20.2 Å². The van der Waals surface area contributed by atoms with E-state index in [1.165, 1.54) is 16.4 Å². The topological polar surface area (TPSA) is 95.5 Å². The van der Waals surface area contributed by atoms with Crippen molar-refractivity contribution in [1.29, 1.82) is 0 Å². The zero-order valence-electron chi connectivity index (χ0n) is 19.3. The molecule has 0 aliphatic carbocycles. The molecule has 9 heteroatoms. The van der Waals surface area contributed by atoms with Crippen LogP contribution in [0.4, 0.5) is 5.69 Å². The standard InChI is InChI=1S/C26H25N5O3S/c1-30-14-16-31(17-15-30)35(33,34)20-11-9-19(10-12-20)28-26(32)22-18-25(24-8-4-5-13-27-24)29-23-7-3-2-6-21(22)23/h2-13,18H,14-17H2,1H3,(H,28,32). The molecule has 1 saturated heterocycles. The maximum absolute atomic E-state index is 13.3. The van der Waals surface area contributed by atoms with E-state index >= 15 is 0 Å². The quantitative estimate of drug-likeness (QED) is 0.463. The van der Waals surface area contributed by atoms with Crippen LogP contribution in [0.5, 0.6) is 0 Å². The van der Waals surface area contributed by atoms with Crippen molar-refractivity contribution in [3.63, 3.8) is 0 Å². The van der Waals surface area contributed by atoms with E-state index in [0.717, 1.165) is 5.39 Å². The van der Waals surface area contributed by atoms with Gasteiger partial charge in [0.1, 0.15) is 0 Å². The van der Waals surface area contributed by atoms with E-state index in [9.17, 15) is 13.2 Å². The Kier molecular flexibility index (Phi) is 6.29. The van der Waals surface area contributed by atoms with Gasteiger partial charge in [-0.05, 0) is 55.6 Å². The number of hydrogen-bond acceptors (Lipinski definition) is 6. The molecule has 35 heavy (non-hydrogen) atoms. The van der Waals surface area contributed by atoms with E-state index in [0.29, 0.717) is 54.3 Å². The molecule has 5 rings (SSSR count). The van der Waals surface area contributed by atoms with Crippen molar-refractivity contribution in [2.24, 2.45) is 0 Å². The third kappa shape index (κ3) is 4.79. The molecule has 1 aliphatic heterocycles. The molecule has 8 nitrogen and oxygen atoms in total. The Hall–Kier alpha value is -3.66. The Bertz CT molecular complexity index is 1470. The molecule has 2 aromatic carbocycles. The number of aromatic nitrogens is 2. The monoisotopic (exact) mass is 487 g/mol. The molecule has 2 aromatic heterocycles.